The predicted molar refractivity (Wildman–Crippen MR) is 157 cm³/mol. The van der Waals surface area contributed by atoms with Gasteiger partial charge in [0.2, 0.25) is 5.91 Å². The van der Waals surface area contributed by atoms with E-state index in [0.717, 1.165) is 22.3 Å². The highest BCUT2D eigenvalue weighted by Crippen LogP contribution is 2.41. The minimum absolute atomic E-state index is 0.147. The first-order chi connectivity index (χ1) is 19.7. The lowest BCUT2D eigenvalue weighted by atomic mass is 9.73. The fourth-order valence-electron chi connectivity index (χ4n) is 5.13. The van der Waals surface area contributed by atoms with Gasteiger partial charge in [0.1, 0.15) is 5.60 Å². The van der Waals surface area contributed by atoms with Gasteiger partial charge in [-0.1, -0.05) is 80.6 Å². The zero-order valence-electron chi connectivity index (χ0n) is 24.0. The minimum atomic E-state index is -1.04. The summed E-state index contributed by atoms with van der Waals surface area (Å²) in [4.78, 5) is 41.7. The Morgan fingerprint density at radius 3 is 2.24 bits per heavy atom. The van der Waals surface area contributed by atoms with E-state index in [9.17, 15) is 19.5 Å². The number of hydrogen-bond donors (Lipinski definition) is 3. The van der Waals surface area contributed by atoms with Crippen LogP contribution in [-0.4, -0.2) is 29.6 Å². The molecule has 8 heteroatoms. The SMILES string of the molecule is CCC(=O)OC(Cc1ccccc1)(c1ccccc1)C(C)Cc1c(C)ccc(C(=O)O)c1CNOCCCC(N)=O. The average Bonchev–Trinajstić information content (AvgIpc) is 2.96. The number of carboxylic acids is 1. The number of ether oxygens (including phenoxy) is 1. The summed E-state index contributed by atoms with van der Waals surface area (Å²) in [6.07, 6.45) is 1.79. The number of benzene rings is 3. The highest BCUT2D eigenvalue weighted by molar-refractivity contribution is 5.90. The Morgan fingerprint density at radius 1 is 0.976 bits per heavy atom. The Morgan fingerprint density at radius 2 is 1.63 bits per heavy atom. The van der Waals surface area contributed by atoms with Crippen LogP contribution in [0.15, 0.2) is 72.8 Å². The second kappa shape index (κ2) is 15.1. The molecule has 0 spiro atoms. The second-order valence-corrected chi connectivity index (χ2v) is 10.3. The molecule has 0 bridgehead atoms. The average molecular weight is 561 g/mol. The number of hydroxylamine groups is 1. The summed E-state index contributed by atoms with van der Waals surface area (Å²) in [7, 11) is 0. The summed E-state index contributed by atoms with van der Waals surface area (Å²) in [6, 6.07) is 23.1. The fourth-order valence-corrected chi connectivity index (χ4v) is 5.13. The number of aromatic carboxylic acids is 1. The molecule has 218 valence electrons. The largest absolute Gasteiger partial charge is 0.478 e. The smallest absolute Gasteiger partial charge is 0.336 e. The van der Waals surface area contributed by atoms with E-state index in [2.05, 4.69) is 5.48 Å². The van der Waals surface area contributed by atoms with Crippen molar-refractivity contribution in [1.82, 2.24) is 5.48 Å². The molecule has 0 saturated heterocycles. The maximum atomic E-state index is 12.9. The summed E-state index contributed by atoms with van der Waals surface area (Å²) < 4.78 is 6.38. The molecule has 0 saturated carbocycles. The van der Waals surface area contributed by atoms with Gasteiger partial charge in [0.25, 0.3) is 0 Å². The van der Waals surface area contributed by atoms with Crippen LogP contribution in [0.3, 0.4) is 0 Å². The fraction of sp³-hybridized carbons (Fsp3) is 0.364. The second-order valence-electron chi connectivity index (χ2n) is 10.3. The monoisotopic (exact) mass is 560 g/mol. The molecule has 2 unspecified atom stereocenters. The van der Waals surface area contributed by atoms with E-state index in [1.807, 2.05) is 80.6 Å². The van der Waals surface area contributed by atoms with Crippen LogP contribution in [0, 0.1) is 12.8 Å². The molecule has 0 aliphatic heterocycles. The van der Waals surface area contributed by atoms with Gasteiger partial charge in [-0.3, -0.25) is 9.59 Å². The number of carbonyl (C=O) groups is 3. The topological polar surface area (TPSA) is 128 Å². The molecule has 3 rings (SSSR count). The van der Waals surface area contributed by atoms with Crippen molar-refractivity contribution in [3.05, 3.63) is 106 Å². The van der Waals surface area contributed by atoms with Gasteiger partial charge in [-0.15, -0.1) is 0 Å². The first kappa shape index (κ1) is 31.5. The van der Waals surface area contributed by atoms with Crippen LogP contribution in [0.2, 0.25) is 0 Å². The lowest BCUT2D eigenvalue weighted by Gasteiger charge is -2.40. The highest BCUT2D eigenvalue weighted by Gasteiger charge is 2.42. The van der Waals surface area contributed by atoms with Gasteiger partial charge in [0.15, 0.2) is 0 Å². The van der Waals surface area contributed by atoms with E-state index in [-0.39, 0.29) is 43.4 Å². The number of esters is 1. The van der Waals surface area contributed by atoms with Gasteiger partial charge in [-0.2, -0.15) is 5.48 Å². The molecule has 0 aromatic heterocycles. The zero-order chi connectivity index (χ0) is 29.8. The Kier molecular flexibility index (Phi) is 11.6. The number of carbonyl (C=O) groups excluding carboxylic acids is 2. The van der Waals surface area contributed by atoms with Crippen LogP contribution in [-0.2, 0) is 44.2 Å². The van der Waals surface area contributed by atoms with Crippen LogP contribution in [0.4, 0.5) is 0 Å². The predicted octanol–water partition coefficient (Wildman–Crippen LogP) is 5.25. The van der Waals surface area contributed by atoms with Crippen LogP contribution in [0.25, 0.3) is 0 Å². The van der Waals surface area contributed by atoms with Gasteiger partial charge in [-0.25, -0.2) is 4.79 Å². The van der Waals surface area contributed by atoms with Crippen LogP contribution < -0.4 is 11.2 Å². The molecule has 41 heavy (non-hydrogen) atoms. The third-order valence-corrected chi connectivity index (χ3v) is 7.38. The normalized spacial score (nSPS) is 13.2. The number of aryl methyl sites for hydroxylation is 1. The molecule has 1 amide bonds. The van der Waals surface area contributed by atoms with E-state index >= 15 is 0 Å². The molecule has 0 fully saturated rings. The quantitative estimate of drug-likeness (QED) is 0.124. The van der Waals surface area contributed by atoms with E-state index in [1.165, 1.54) is 0 Å². The van der Waals surface area contributed by atoms with E-state index in [4.69, 9.17) is 15.3 Å². The van der Waals surface area contributed by atoms with Crippen molar-refractivity contribution in [3.8, 4) is 0 Å². The Bertz CT molecular complexity index is 1310. The van der Waals surface area contributed by atoms with Crippen molar-refractivity contribution in [2.24, 2.45) is 11.7 Å². The number of hydrogen-bond acceptors (Lipinski definition) is 6. The number of carboxylic acid groups (broad SMARTS) is 1. The molecule has 0 aliphatic rings. The maximum Gasteiger partial charge on any atom is 0.336 e. The molecule has 2 atom stereocenters. The first-order valence-electron chi connectivity index (χ1n) is 14.0. The first-order valence-corrected chi connectivity index (χ1v) is 14.0. The van der Waals surface area contributed by atoms with Crippen LogP contribution in [0.5, 0.6) is 0 Å². The van der Waals surface area contributed by atoms with E-state index in [1.54, 1.807) is 13.0 Å². The van der Waals surface area contributed by atoms with Crippen molar-refractivity contribution in [2.75, 3.05) is 6.61 Å². The lowest BCUT2D eigenvalue weighted by molar-refractivity contribution is -0.167. The molecule has 4 N–H and O–H groups in total. The number of primary amides is 1. The van der Waals surface area contributed by atoms with E-state index in [0.29, 0.717) is 24.8 Å². The molecular weight excluding hydrogens is 520 g/mol. The molecule has 3 aromatic rings. The summed E-state index contributed by atoms with van der Waals surface area (Å²) in [5.74, 6) is -1.99. The van der Waals surface area contributed by atoms with Gasteiger partial charge in [0, 0.05) is 31.7 Å². The van der Waals surface area contributed by atoms with Gasteiger partial charge in [0.05, 0.1) is 12.2 Å². The van der Waals surface area contributed by atoms with Crippen molar-refractivity contribution in [3.63, 3.8) is 0 Å². The molecule has 0 heterocycles. The minimum Gasteiger partial charge on any atom is -0.478 e. The molecule has 0 radical (unpaired) electrons. The van der Waals surface area contributed by atoms with Crippen molar-refractivity contribution < 1.29 is 29.1 Å². The van der Waals surface area contributed by atoms with Crippen LogP contribution in [0.1, 0.15) is 71.3 Å². The number of nitrogens with one attached hydrogen (secondary N) is 1. The van der Waals surface area contributed by atoms with Gasteiger partial charge in [-0.05, 0) is 53.6 Å². The van der Waals surface area contributed by atoms with Gasteiger partial charge >= 0.3 is 11.9 Å². The Hall–Kier alpha value is -4.01. The van der Waals surface area contributed by atoms with Crippen LogP contribution >= 0.6 is 0 Å². The standard InChI is InChI=1S/C33H40N2O6/c1-4-31(37)41-33(26-14-9-6-10-15-26,21-25-12-7-5-8-13-25)24(3)20-28-23(2)17-18-27(32(38)39)29(28)22-35-40-19-11-16-30(34)36/h5-10,12-15,17-18,24,35H,4,11,16,19-22H2,1-3H3,(H2,34,36)(H,38,39). The zero-order valence-corrected chi connectivity index (χ0v) is 24.0. The molecule has 8 nitrogen and oxygen atoms in total. The van der Waals surface area contributed by atoms with Crippen molar-refractivity contribution in [2.45, 2.75) is 65.0 Å². The highest BCUT2D eigenvalue weighted by atomic mass is 16.6. The molecular formula is C33H40N2O6. The van der Waals surface area contributed by atoms with Crippen molar-refractivity contribution in [1.29, 1.82) is 0 Å². The Labute approximate surface area is 241 Å². The lowest BCUT2D eigenvalue weighted by Crippen LogP contribution is -2.42. The maximum absolute atomic E-state index is 12.9. The molecule has 3 aromatic carbocycles. The van der Waals surface area contributed by atoms with Gasteiger partial charge < -0.3 is 20.4 Å². The number of amides is 1. The van der Waals surface area contributed by atoms with E-state index < -0.39 is 17.5 Å². The number of nitrogens with two attached hydrogens (primary N) is 1. The Balaban J connectivity index is 2.03. The number of rotatable bonds is 16. The third-order valence-electron chi connectivity index (χ3n) is 7.38. The third kappa shape index (κ3) is 8.49. The summed E-state index contributed by atoms with van der Waals surface area (Å²) >= 11 is 0. The summed E-state index contributed by atoms with van der Waals surface area (Å²) in [5.41, 5.74) is 11.5. The van der Waals surface area contributed by atoms with Crippen molar-refractivity contribution >= 4 is 17.8 Å². The summed E-state index contributed by atoms with van der Waals surface area (Å²) in [5, 5.41) is 10.0. The summed E-state index contributed by atoms with van der Waals surface area (Å²) in [6.45, 7) is 6.17. The molecule has 0 aliphatic carbocycles.